The summed E-state index contributed by atoms with van der Waals surface area (Å²) in [5, 5.41) is 0. The summed E-state index contributed by atoms with van der Waals surface area (Å²) in [6.07, 6.45) is -7.81. The van der Waals surface area contributed by atoms with Gasteiger partial charge in [0.05, 0.1) is 5.56 Å². The lowest BCUT2D eigenvalue weighted by molar-refractivity contribution is -0.141. The van der Waals surface area contributed by atoms with Crippen LogP contribution in [0.1, 0.15) is 16.8 Å². The summed E-state index contributed by atoms with van der Waals surface area (Å²) in [4.78, 5) is 11.2. The summed E-state index contributed by atoms with van der Waals surface area (Å²) < 4.78 is 76.0. The number of alkyl halides is 6. The van der Waals surface area contributed by atoms with E-state index in [0.717, 1.165) is 30.0 Å². The minimum atomic E-state index is -4.53. The van der Waals surface area contributed by atoms with Crippen molar-refractivity contribution in [2.45, 2.75) is 18.9 Å². The van der Waals surface area contributed by atoms with E-state index in [9.17, 15) is 26.3 Å². The SMILES string of the molecule is FC(F)(F)c1ccc(CN2CCN(c3nccc(C(F)(F)F)n3)CC2)cc1. The van der Waals surface area contributed by atoms with Gasteiger partial charge < -0.3 is 4.90 Å². The Morgan fingerprint density at radius 1 is 0.815 bits per heavy atom. The van der Waals surface area contributed by atoms with Gasteiger partial charge >= 0.3 is 12.4 Å². The van der Waals surface area contributed by atoms with Crippen LogP contribution in [0.25, 0.3) is 0 Å². The van der Waals surface area contributed by atoms with Crippen LogP contribution in [-0.2, 0) is 18.9 Å². The lowest BCUT2D eigenvalue weighted by Crippen LogP contribution is -2.46. The van der Waals surface area contributed by atoms with Gasteiger partial charge in [-0.2, -0.15) is 26.3 Å². The van der Waals surface area contributed by atoms with Crippen LogP contribution in [0.15, 0.2) is 36.5 Å². The van der Waals surface area contributed by atoms with E-state index in [1.165, 1.54) is 12.1 Å². The first-order valence-electron chi connectivity index (χ1n) is 8.16. The number of piperazine rings is 1. The monoisotopic (exact) mass is 390 g/mol. The zero-order chi connectivity index (χ0) is 19.7. The molecule has 1 aliphatic heterocycles. The van der Waals surface area contributed by atoms with E-state index in [1.54, 1.807) is 4.90 Å². The number of nitrogens with zero attached hydrogens (tertiary/aromatic N) is 4. The summed E-state index contributed by atoms with van der Waals surface area (Å²) in [5.74, 6) is 0.0269. The fourth-order valence-corrected chi connectivity index (χ4v) is 2.82. The average Bonchev–Trinajstić information content (AvgIpc) is 2.61. The van der Waals surface area contributed by atoms with Crippen LogP contribution in [0.4, 0.5) is 32.3 Å². The summed E-state index contributed by atoms with van der Waals surface area (Å²) in [5.41, 5.74) is -0.941. The van der Waals surface area contributed by atoms with E-state index in [4.69, 9.17) is 0 Å². The average molecular weight is 390 g/mol. The molecule has 0 unspecified atom stereocenters. The van der Waals surface area contributed by atoms with Crippen molar-refractivity contribution in [3.63, 3.8) is 0 Å². The quantitative estimate of drug-likeness (QED) is 0.746. The van der Waals surface area contributed by atoms with Crippen molar-refractivity contribution in [1.29, 1.82) is 0 Å². The van der Waals surface area contributed by atoms with E-state index in [1.807, 2.05) is 4.90 Å². The maximum atomic E-state index is 12.8. The fourth-order valence-electron chi connectivity index (χ4n) is 2.82. The van der Waals surface area contributed by atoms with E-state index >= 15 is 0 Å². The van der Waals surface area contributed by atoms with Crippen molar-refractivity contribution < 1.29 is 26.3 Å². The Morgan fingerprint density at radius 3 is 2.00 bits per heavy atom. The highest BCUT2D eigenvalue weighted by Crippen LogP contribution is 2.30. The number of hydrogen-bond acceptors (Lipinski definition) is 4. The van der Waals surface area contributed by atoms with Crippen molar-refractivity contribution in [3.8, 4) is 0 Å². The molecule has 146 valence electrons. The van der Waals surface area contributed by atoms with E-state index < -0.39 is 23.6 Å². The molecule has 0 aliphatic carbocycles. The van der Waals surface area contributed by atoms with Gasteiger partial charge in [0.25, 0.3) is 0 Å². The summed E-state index contributed by atoms with van der Waals surface area (Å²) in [6, 6.07) is 5.78. The van der Waals surface area contributed by atoms with Crippen LogP contribution in [-0.4, -0.2) is 41.0 Å². The number of halogens is 6. The molecule has 1 fully saturated rings. The molecule has 0 spiro atoms. The zero-order valence-electron chi connectivity index (χ0n) is 14.1. The minimum Gasteiger partial charge on any atom is -0.338 e. The van der Waals surface area contributed by atoms with Crippen LogP contribution in [0.5, 0.6) is 0 Å². The highest BCUT2D eigenvalue weighted by atomic mass is 19.4. The Hall–Kier alpha value is -2.36. The van der Waals surface area contributed by atoms with Gasteiger partial charge in [0.15, 0.2) is 0 Å². The lowest BCUT2D eigenvalue weighted by atomic mass is 10.1. The Bertz CT molecular complexity index is 764. The Balaban J connectivity index is 1.58. The molecule has 1 aromatic carbocycles. The van der Waals surface area contributed by atoms with Gasteiger partial charge in [0, 0.05) is 38.9 Å². The van der Waals surface area contributed by atoms with Gasteiger partial charge in [-0.15, -0.1) is 0 Å². The second-order valence-corrected chi connectivity index (χ2v) is 6.20. The molecule has 0 radical (unpaired) electrons. The van der Waals surface area contributed by atoms with E-state index in [-0.39, 0.29) is 5.95 Å². The summed E-state index contributed by atoms with van der Waals surface area (Å²) in [7, 11) is 0. The molecule has 0 amide bonds. The first kappa shape index (κ1) is 19.4. The van der Waals surface area contributed by atoms with Crippen LogP contribution < -0.4 is 4.90 Å². The molecule has 0 N–H and O–H groups in total. The maximum Gasteiger partial charge on any atom is 0.433 e. The molecule has 3 rings (SSSR count). The Morgan fingerprint density at radius 2 is 1.44 bits per heavy atom. The van der Waals surface area contributed by atoms with Crippen LogP contribution in [0, 0.1) is 0 Å². The second-order valence-electron chi connectivity index (χ2n) is 6.20. The third kappa shape index (κ3) is 4.88. The third-order valence-electron chi connectivity index (χ3n) is 4.28. The van der Waals surface area contributed by atoms with Crippen LogP contribution in [0.2, 0.25) is 0 Å². The normalized spacial score (nSPS) is 16.6. The van der Waals surface area contributed by atoms with Gasteiger partial charge in [-0.1, -0.05) is 12.1 Å². The van der Waals surface area contributed by atoms with Gasteiger partial charge in [0.1, 0.15) is 5.69 Å². The molecule has 1 aromatic heterocycles. The standard InChI is InChI=1S/C17H16F6N4/c18-16(19,20)13-3-1-12(2-4-13)11-26-7-9-27(10-8-26)15-24-6-5-14(25-15)17(21,22)23/h1-6H,7-11H2. The predicted octanol–water partition coefficient (Wildman–Crippen LogP) is 3.84. The largest absolute Gasteiger partial charge is 0.433 e. The molecule has 4 nitrogen and oxygen atoms in total. The molecule has 1 saturated heterocycles. The maximum absolute atomic E-state index is 12.8. The molecule has 10 heteroatoms. The molecule has 27 heavy (non-hydrogen) atoms. The highest BCUT2D eigenvalue weighted by Gasteiger charge is 2.33. The highest BCUT2D eigenvalue weighted by molar-refractivity contribution is 5.32. The van der Waals surface area contributed by atoms with Gasteiger partial charge in [0.2, 0.25) is 5.95 Å². The number of rotatable bonds is 3. The van der Waals surface area contributed by atoms with Gasteiger partial charge in [-0.05, 0) is 23.8 Å². The van der Waals surface area contributed by atoms with Crippen LogP contribution >= 0.6 is 0 Å². The van der Waals surface area contributed by atoms with Crippen molar-refractivity contribution in [1.82, 2.24) is 14.9 Å². The topological polar surface area (TPSA) is 32.3 Å². The molecule has 2 aromatic rings. The number of anilines is 1. The Labute approximate surface area is 151 Å². The van der Waals surface area contributed by atoms with E-state index in [0.29, 0.717) is 32.7 Å². The van der Waals surface area contributed by atoms with Crippen molar-refractivity contribution >= 4 is 5.95 Å². The molecular weight excluding hydrogens is 374 g/mol. The van der Waals surface area contributed by atoms with Gasteiger partial charge in [-0.3, -0.25) is 4.90 Å². The smallest absolute Gasteiger partial charge is 0.338 e. The third-order valence-corrected chi connectivity index (χ3v) is 4.28. The summed E-state index contributed by atoms with van der Waals surface area (Å²) >= 11 is 0. The molecule has 0 atom stereocenters. The first-order chi connectivity index (χ1) is 12.6. The van der Waals surface area contributed by atoms with Crippen molar-refractivity contribution in [3.05, 3.63) is 53.3 Å². The minimum absolute atomic E-state index is 0.0269. The molecule has 0 bridgehead atoms. The molecular formula is C17H16F6N4. The lowest BCUT2D eigenvalue weighted by Gasteiger charge is -2.34. The fraction of sp³-hybridized carbons (Fsp3) is 0.412. The number of benzene rings is 1. The molecule has 1 aliphatic rings. The van der Waals surface area contributed by atoms with Crippen LogP contribution in [0.3, 0.4) is 0 Å². The number of aromatic nitrogens is 2. The number of hydrogen-bond donors (Lipinski definition) is 0. The molecule has 2 heterocycles. The van der Waals surface area contributed by atoms with Crippen molar-refractivity contribution in [2.75, 3.05) is 31.1 Å². The molecule has 0 saturated carbocycles. The predicted molar refractivity (Wildman–Crippen MR) is 86.0 cm³/mol. The zero-order valence-corrected chi connectivity index (χ0v) is 14.1. The van der Waals surface area contributed by atoms with E-state index in [2.05, 4.69) is 9.97 Å². The second kappa shape index (κ2) is 7.34. The van der Waals surface area contributed by atoms with Gasteiger partial charge in [-0.25, -0.2) is 9.97 Å². The summed E-state index contributed by atoms with van der Waals surface area (Å²) in [6.45, 7) is 2.42. The first-order valence-corrected chi connectivity index (χ1v) is 8.16. The van der Waals surface area contributed by atoms with Crippen molar-refractivity contribution in [2.24, 2.45) is 0 Å². The Kier molecular flexibility index (Phi) is 5.27.